The standard InChI is InChI=1S/C22H22N4/c23-13-14-26(15-19-11-9-17-5-1-3-7-21(17)24-19)16-20-12-10-18-6-2-4-8-22(18)25-20/h1-12H,13-16,23H2. The second kappa shape index (κ2) is 7.60. The van der Waals surface area contributed by atoms with E-state index in [-0.39, 0.29) is 0 Å². The van der Waals surface area contributed by atoms with Gasteiger partial charge in [-0.25, -0.2) is 0 Å². The van der Waals surface area contributed by atoms with Gasteiger partial charge in [0, 0.05) is 37.0 Å². The summed E-state index contributed by atoms with van der Waals surface area (Å²) >= 11 is 0. The van der Waals surface area contributed by atoms with Crippen LogP contribution < -0.4 is 5.73 Å². The summed E-state index contributed by atoms with van der Waals surface area (Å²) in [6.07, 6.45) is 0. The van der Waals surface area contributed by atoms with Crippen LogP contribution in [0.3, 0.4) is 0 Å². The zero-order valence-corrected chi connectivity index (χ0v) is 14.7. The Hall–Kier alpha value is -2.82. The van der Waals surface area contributed by atoms with Crippen LogP contribution in [0.5, 0.6) is 0 Å². The van der Waals surface area contributed by atoms with Gasteiger partial charge in [0.2, 0.25) is 0 Å². The number of rotatable bonds is 6. The van der Waals surface area contributed by atoms with Gasteiger partial charge in [-0.1, -0.05) is 48.5 Å². The van der Waals surface area contributed by atoms with Gasteiger partial charge in [0.15, 0.2) is 0 Å². The average Bonchev–Trinajstić information content (AvgIpc) is 2.68. The predicted molar refractivity (Wildman–Crippen MR) is 107 cm³/mol. The van der Waals surface area contributed by atoms with E-state index in [2.05, 4.69) is 53.4 Å². The molecule has 0 saturated carbocycles. The molecule has 0 amide bonds. The van der Waals surface area contributed by atoms with Crippen LogP contribution in [-0.4, -0.2) is 28.0 Å². The molecule has 0 aliphatic heterocycles. The zero-order chi connectivity index (χ0) is 17.8. The van der Waals surface area contributed by atoms with Gasteiger partial charge >= 0.3 is 0 Å². The lowest BCUT2D eigenvalue weighted by atomic mass is 10.2. The van der Waals surface area contributed by atoms with E-state index >= 15 is 0 Å². The van der Waals surface area contributed by atoms with E-state index in [1.165, 1.54) is 0 Å². The van der Waals surface area contributed by atoms with E-state index in [0.29, 0.717) is 6.54 Å². The Labute approximate surface area is 153 Å². The van der Waals surface area contributed by atoms with Gasteiger partial charge in [-0.2, -0.15) is 0 Å². The smallest absolute Gasteiger partial charge is 0.0705 e. The molecule has 0 atom stereocenters. The Bertz CT molecular complexity index is 947. The van der Waals surface area contributed by atoms with Crippen molar-refractivity contribution in [3.8, 4) is 0 Å². The van der Waals surface area contributed by atoms with Crippen LogP contribution in [-0.2, 0) is 13.1 Å². The average molecular weight is 342 g/mol. The number of fused-ring (bicyclic) bond motifs is 2. The normalized spacial score (nSPS) is 11.5. The third-order valence-electron chi connectivity index (χ3n) is 4.53. The second-order valence-corrected chi connectivity index (χ2v) is 6.49. The van der Waals surface area contributed by atoms with Crippen molar-refractivity contribution >= 4 is 21.8 Å². The first-order valence-electron chi connectivity index (χ1n) is 8.93. The highest BCUT2D eigenvalue weighted by Crippen LogP contribution is 2.16. The van der Waals surface area contributed by atoms with Crippen molar-refractivity contribution in [1.82, 2.24) is 14.9 Å². The Morgan fingerprint density at radius 1 is 0.654 bits per heavy atom. The fourth-order valence-corrected chi connectivity index (χ4v) is 3.25. The summed E-state index contributed by atoms with van der Waals surface area (Å²) in [5.41, 5.74) is 10.0. The number of hydrogen-bond acceptors (Lipinski definition) is 4. The molecule has 0 aliphatic carbocycles. The Balaban J connectivity index is 1.55. The zero-order valence-electron chi connectivity index (χ0n) is 14.7. The molecule has 130 valence electrons. The van der Waals surface area contributed by atoms with Gasteiger partial charge in [-0.05, 0) is 24.3 Å². The van der Waals surface area contributed by atoms with Crippen molar-refractivity contribution in [2.24, 2.45) is 5.73 Å². The van der Waals surface area contributed by atoms with Crippen molar-refractivity contribution in [2.75, 3.05) is 13.1 Å². The quantitative estimate of drug-likeness (QED) is 0.580. The molecule has 0 unspecified atom stereocenters. The minimum atomic E-state index is 0.612. The van der Waals surface area contributed by atoms with Crippen LogP contribution in [0, 0.1) is 0 Å². The van der Waals surface area contributed by atoms with Crippen LogP contribution >= 0.6 is 0 Å². The van der Waals surface area contributed by atoms with Gasteiger partial charge in [0.05, 0.1) is 22.4 Å². The van der Waals surface area contributed by atoms with Crippen molar-refractivity contribution in [3.05, 3.63) is 84.2 Å². The number of pyridine rings is 2. The molecule has 26 heavy (non-hydrogen) atoms. The van der Waals surface area contributed by atoms with Crippen molar-refractivity contribution in [3.63, 3.8) is 0 Å². The number of aromatic nitrogens is 2. The molecule has 0 saturated heterocycles. The van der Waals surface area contributed by atoms with E-state index < -0.39 is 0 Å². The SMILES string of the molecule is NCCN(Cc1ccc2ccccc2n1)Cc1ccc2ccccc2n1. The molecule has 4 nitrogen and oxygen atoms in total. The molecule has 2 heterocycles. The van der Waals surface area contributed by atoms with Gasteiger partial charge in [0.25, 0.3) is 0 Å². The predicted octanol–water partition coefficient (Wildman–Crippen LogP) is 3.74. The number of nitrogens with zero attached hydrogens (tertiary/aromatic N) is 3. The van der Waals surface area contributed by atoms with E-state index in [4.69, 9.17) is 15.7 Å². The third-order valence-corrected chi connectivity index (χ3v) is 4.53. The van der Waals surface area contributed by atoms with Crippen LogP contribution in [0.2, 0.25) is 0 Å². The van der Waals surface area contributed by atoms with Gasteiger partial charge in [-0.3, -0.25) is 14.9 Å². The Kier molecular flexibility index (Phi) is 4.86. The number of para-hydroxylation sites is 2. The van der Waals surface area contributed by atoms with Crippen LogP contribution in [0.25, 0.3) is 21.8 Å². The first-order chi connectivity index (χ1) is 12.8. The van der Waals surface area contributed by atoms with E-state index in [1.807, 2.05) is 24.3 Å². The van der Waals surface area contributed by atoms with Crippen molar-refractivity contribution in [1.29, 1.82) is 0 Å². The summed E-state index contributed by atoms with van der Waals surface area (Å²) in [7, 11) is 0. The largest absolute Gasteiger partial charge is 0.329 e. The second-order valence-electron chi connectivity index (χ2n) is 6.49. The monoisotopic (exact) mass is 342 g/mol. The molecule has 2 aromatic carbocycles. The molecule has 2 aromatic heterocycles. The highest BCUT2D eigenvalue weighted by atomic mass is 15.1. The molecule has 4 heteroatoms. The highest BCUT2D eigenvalue weighted by molar-refractivity contribution is 5.79. The first-order valence-corrected chi connectivity index (χ1v) is 8.93. The van der Waals surface area contributed by atoms with E-state index in [0.717, 1.165) is 52.8 Å². The van der Waals surface area contributed by atoms with Gasteiger partial charge < -0.3 is 5.73 Å². The summed E-state index contributed by atoms with van der Waals surface area (Å²) in [5.74, 6) is 0. The molecule has 0 radical (unpaired) electrons. The molecule has 0 aliphatic rings. The molecular formula is C22H22N4. The van der Waals surface area contributed by atoms with Crippen molar-refractivity contribution in [2.45, 2.75) is 13.1 Å². The van der Waals surface area contributed by atoms with E-state index in [9.17, 15) is 0 Å². The maximum atomic E-state index is 5.84. The molecule has 0 fully saturated rings. The lowest BCUT2D eigenvalue weighted by molar-refractivity contribution is 0.258. The molecule has 2 N–H and O–H groups in total. The van der Waals surface area contributed by atoms with Crippen LogP contribution in [0.1, 0.15) is 11.4 Å². The first kappa shape index (κ1) is 16.6. The van der Waals surface area contributed by atoms with Gasteiger partial charge in [0.1, 0.15) is 0 Å². The number of benzene rings is 2. The maximum absolute atomic E-state index is 5.84. The Morgan fingerprint density at radius 3 is 1.65 bits per heavy atom. The lowest BCUT2D eigenvalue weighted by Gasteiger charge is -2.21. The molecule has 0 bridgehead atoms. The lowest BCUT2D eigenvalue weighted by Crippen LogP contribution is -2.29. The van der Waals surface area contributed by atoms with E-state index in [1.54, 1.807) is 0 Å². The summed E-state index contributed by atoms with van der Waals surface area (Å²) in [6.45, 7) is 2.94. The summed E-state index contributed by atoms with van der Waals surface area (Å²) in [4.78, 5) is 11.9. The maximum Gasteiger partial charge on any atom is 0.0705 e. The third kappa shape index (κ3) is 3.72. The fourth-order valence-electron chi connectivity index (χ4n) is 3.25. The number of hydrogen-bond donors (Lipinski definition) is 1. The van der Waals surface area contributed by atoms with Crippen molar-refractivity contribution < 1.29 is 0 Å². The highest BCUT2D eigenvalue weighted by Gasteiger charge is 2.09. The number of nitrogens with two attached hydrogens (primary N) is 1. The summed E-state index contributed by atoms with van der Waals surface area (Å²) in [6, 6.07) is 24.9. The molecule has 4 rings (SSSR count). The summed E-state index contributed by atoms with van der Waals surface area (Å²) in [5, 5.41) is 2.33. The molecule has 0 spiro atoms. The van der Waals surface area contributed by atoms with Crippen LogP contribution in [0.15, 0.2) is 72.8 Å². The summed E-state index contributed by atoms with van der Waals surface area (Å²) < 4.78 is 0. The topological polar surface area (TPSA) is 55.0 Å². The Morgan fingerprint density at radius 2 is 1.15 bits per heavy atom. The molecular weight excluding hydrogens is 320 g/mol. The minimum absolute atomic E-state index is 0.612. The minimum Gasteiger partial charge on any atom is -0.329 e. The van der Waals surface area contributed by atoms with Crippen LogP contribution in [0.4, 0.5) is 0 Å². The van der Waals surface area contributed by atoms with Gasteiger partial charge in [-0.15, -0.1) is 0 Å². The fraction of sp³-hybridized carbons (Fsp3) is 0.182. The molecule has 4 aromatic rings.